The number of carbonyl (C=O) groups excluding carboxylic acids is 2. The van der Waals surface area contributed by atoms with Crippen molar-refractivity contribution in [1.82, 2.24) is 5.32 Å². The molecule has 0 aromatic heterocycles. The highest BCUT2D eigenvalue weighted by molar-refractivity contribution is 5.90. The summed E-state index contributed by atoms with van der Waals surface area (Å²) in [6, 6.07) is 10.9. The summed E-state index contributed by atoms with van der Waals surface area (Å²) in [4.78, 5) is 22.7. The summed E-state index contributed by atoms with van der Waals surface area (Å²) < 4.78 is 26.1. The van der Waals surface area contributed by atoms with Gasteiger partial charge in [0.25, 0.3) is 0 Å². The zero-order valence-electron chi connectivity index (χ0n) is 16.5. The van der Waals surface area contributed by atoms with Gasteiger partial charge in [0.2, 0.25) is 0 Å². The van der Waals surface area contributed by atoms with Crippen molar-refractivity contribution >= 4 is 22.8 Å². The number of hydrogen-bond acceptors (Lipinski definition) is 7. The highest BCUT2D eigenvalue weighted by atomic mass is 16.7. The molecule has 0 aliphatic carbocycles. The summed E-state index contributed by atoms with van der Waals surface area (Å²) in [5.41, 5.74) is 0. The Hall–Kier alpha value is -3.10. The molecule has 2 rings (SSSR count). The topological polar surface area (TPSA) is 92.3 Å². The van der Waals surface area contributed by atoms with Crippen LogP contribution in [0.2, 0.25) is 0 Å². The summed E-state index contributed by atoms with van der Waals surface area (Å²) in [5.74, 6) is 0.588. The van der Waals surface area contributed by atoms with E-state index in [9.17, 15) is 9.59 Å². The molecule has 1 atom stereocenters. The van der Waals surface area contributed by atoms with E-state index in [0.29, 0.717) is 11.5 Å². The number of nitrogens with one attached hydrogen (secondary N) is 1. The minimum absolute atomic E-state index is 0.126. The second-order valence-corrected chi connectivity index (χ2v) is 5.86. The lowest BCUT2D eigenvalue weighted by atomic mass is 10.1. The van der Waals surface area contributed by atoms with Gasteiger partial charge in [0.1, 0.15) is 18.1 Å². The van der Waals surface area contributed by atoms with Crippen LogP contribution < -0.4 is 14.8 Å². The second kappa shape index (κ2) is 11.7. The molecule has 8 nitrogen and oxygen atoms in total. The van der Waals surface area contributed by atoms with Crippen molar-refractivity contribution in [2.75, 3.05) is 33.5 Å². The molecular weight excluding hydrogens is 378 g/mol. The van der Waals surface area contributed by atoms with E-state index < -0.39 is 12.1 Å². The first-order chi connectivity index (χ1) is 14.0. The van der Waals surface area contributed by atoms with Gasteiger partial charge in [-0.15, -0.1) is 0 Å². The maximum absolute atomic E-state index is 11.9. The lowest BCUT2D eigenvalue weighted by Gasteiger charge is -2.15. The molecule has 0 heterocycles. The standard InChI is InChI=1S/C21H25NO7/c1-4-20(23)27-13-12-26-11-10-22-21(24)29-17-8-9-18-16(14-17)6-5-7-19(18)28-15(2)25-3/h4-9,14-15H,1,10-13H2,2-3H3,(H,22,24). The van der Waals surface area contributed by atoms with Crippen molar-refractivity contribution in [1.29, 1.82) is 0 Å². The summed E-state index contributed by atoms with van der Waals surface area (Å²) >= 11 is 0. The monoisotopic (exact) mass is 403 g/mol. The summed E-state index contributed by atoms with van der Waals surface area (Å²) in [5, 5.41) is 4.34. The van der Waals surface area contributed by atoms with E-state index in [-0.39, 0.29) is 32.7 Å². The van der Waals surface area contributed by atoms with Crippen LogP contribution in [0.15, 0.2) is 49.1 Å². The van der Waals surface area contributed by atoms with Crippen LogP contribution in [0.4, 0.5) is 4.79 Å². The molecule has 0 saturated heterocycles. The number of carbonyl (C=O) groups is 2. The maximum atomic E-state index is 11.9. The average Bonchev–Trinajstić information content (AvgIpc) is 2.72. The molecule has 1 unspecified atom stereocenters. The third-order valence-electron chi connectivity index (χ3n) is 3.80. The van der Waals surface area contributed by atoms with Crippen LogP contribution in [0.5, 0.6) is 11.5 Å². The van der Waals surface area contributed by atoms with Crippen LogP contribution in [-0.2, 0) is 19.0 Å². The number of fused-ring (bicyclic) bond motifs is 1. The fourth-order valence-corrected chi connectivity index (χ4v) is 2.36. The van der Waals surface area contributed by atoms with Crippen molar-refractivity contribution < 1.29 is 33.3 Å². The lowest BCUT2D eigenvalue weighted by molar-refractivity contribution is -0.139. The average molecular weight is 403 g/mol. The number of amides is 1. The molecule has 1 amide bonds. The normalized spacial score (nSPS) is 11.5. The van der Waals surface area contributed by atoms with Gasteiger partial charge in [0, 0.05) is 25.1 Å². The van der Waals surface area contributed by atoms with Crippen LogP contribution in [0.25, 0.3) is 10.8 Å². The Labute approximate surface area is 169 Å². The smallest absolute Gasteiger partial charge is 0.412 e. The molecule has 0 radical (unpaired) electrons. The molecule has 0 fully saturated rings. The first-order valence-electron chi connectivity index (χ1n) is 9.08. The van der Waals surface area contributed by atoms with E-state index in [2.05, 4.69) is 11.9 Å². The molecule has 0 bridgehead atoms. The molecule has 1 N–H and O–H groups in total. The third-order valence-corrected chi connectivity index (χ3v) is 3.80. The van der Waals surface area contributed by atoms with Crippen molar-refractivity contribution in [3.05, 3.63) is 49.1 Å². The van der Waals surface area contributed by atoms with Gasteiger partial charge in [-0.2, -0.15) is 0 Å². The van der Waals surface area contributed by atoms with E-state index in [1.807, 2.05) is 24.3 Å². The second-order valence-electron chi connectivity index (χ2n) is 5.86. The number of rotatable bonds is 11. The molecule has 2 aromatic rings. The molecule has 0 saturated carbocycles. The largest absolute Gasteiger partial charge is 0.465 e. The minimum Gasteiger partial charge on any atom is -0.465 e. The minimum atomic E-state index is -0.591. The van der Waals surface area contributed by atoms with E-state index in [4.69, 9.17) is 23.7 Å². The lowest BCUT2D eigenvalue weighted by Crippen LogP contribution is -2.30. The molecule has 29 heavy (non-hydrogen) atoms. The third kappa shape index (κ3) is 7.44. The highest BCUT2D eigenvalue weighted by Crippen LogP contribution is 2.29. The fourth-order valence-electron chi connectivity index (χ4n) is 2.36. The van der Waals surface area contributed by atoms with Gasteiger partial charge in [-0.05, 0) is 36.6 Å². The van der Waals surface area contributed by atoms with Crippen LogP contribution in [0, 0.1) is 0 Å². The van der Waals surface area contributed by atoms with Crippen molar-refractivity contribution in [2.24, 2.45) is 0 Å². The Bertz CT molecular complexity index is 837. The Kier molecular flexibility index (Phi) is 8.94. The van der Waals surface area contributed by atoms with Crippen molar-refractivity contribution in [3.8, 4) is 11.5 Å². The maximum Gasteiger partial charge on any atom is 0.412 e. The number of benzene rings is 2. The number of ether oxygens (including phenoxy) is 5. The fraction of sp³-hybridized carbons (Fsp3) is 0.333. The van der Waals surface area contributed by atoms with Crippen molar-refractivity contribution in [3.63, 3.8) is 0 Å². The van der Waals surface area contributed by atoms with Crippen LogP contribution in [-0.4, -0.2) is 51.8 Å². The predicted octanol–water partition coefficient (Wildman–Crippen LogP) is 3.05. The zero-order chi connectivity index (χ0) is 21.1. The zero-order valence-corrected chi connectivity index (χ0v) is 16.5. The van der Waals surface area contributed by atoms with Gasteiger partial charge in [-0.1, -0.05) is 18.7 Å². The quantitative estimate of drug-likeness (QED) is 0.267. The summed E-state index contributed by atoms with van der Waals surface area (Å²) in [7, 11) is 1.57. The van der Waals surface area contributed by atoms with E-state index in [1.54, 1.807) is 26.2 Å². The molecular formula is C21H25NO7. The highest BCUT2D eigenvalue weighted by Gasteiger charge is 2.09. The Balaban J connectivity index is 1.78. The summed E-state index contributed by atoms with van der Waals surface area (Å²) in [6.45, 7) is 5.97. The van der Waals surface area contributed by atoms with Crippen molar-refractivity contribution in [2.45, 2.75) is 13.2 Å². The van der Waals surface area contributed by atoms with E-state index >= 15 is 0 Å². The van der Waals surface area contributed by atoms with Gasteiger partial charge in [0.05, 0.1) is 13.2 Å². The number of esters is 1. The van der Waals surface area contributed by atoms with E-state index in [1.165, 1.54) is 0 Å². The first-order valence-corrected chi connectivity index (χ1v) is 9.08. The first kappa shape index (κ1) is 22.2. The van der Waals surface area contributed by atoms with Gasteiger partial charge in [0.15, 0.2) is 6.29 Å². The molecule has 0 aliphatic rings. The Morgan fingerprint density at radius 3 is 2.76 bits per heavy atom. The Morgan fingerprint density at radius 1 is 1.17 bits per heavy atom. The van der Waals surface area contributed by atoms with Gasteiger partial charge < -0.3 is 29.0 Å². The predicted molar refractivity (Wildman–Crippen MR) is 107 cm³/mol. The van der Waals surface area contributed by atoms with Gasteiger partial charge in [-0.25, -0.2) is 9.59 Å². The number of methoxy groups -OCH3 is 1. The molecule has 0 spiro atoms. The van der Waals surface area contributed by atoms with Crippen LogP contribution in [0.3, 0.4) is 0 Å². The number of hydrogen-bond donors (Lipinski definition) is 1. The van der Waals surface area contributed by atoms with Crippen LogP contribution in [0.1, 0.15) is 6.92 Å². The molecule has 2 aromatic carbocycles. The van der Waals surface area contributed by atoms with E-state index in [0.717, 1.165) is 16.8 Å². The molecule has 8 heteroatoms. The SMILES string of the molecule is C=CC(=O)OCCOCCNC(=O)Oc1ccc2c(OC(C)OC)cccc2c1. The molecule has 0 aliphatic heterocycles. The Morgan fingerprint density at radius 2 is 2.00 bits per heavy atom. The van der Waals surface area contributed by atoms with Gasteiger partial charge >= 0.3 is 12.1 Å². The molecule has 156 valence electrons. The van der Waals surface area contributed by atoms with Gasteiger partial charge in [-0.3, -0.25) is 0 Å². The van der Waals surface area contributed by atoms with Crippen LogP contribution >= 0.6 is 0 Å². The summed E-state index contributed by atoms with van der Waals surface area (Å²) in [6.07, 6.45) is 0.114.